The van der Waals surface area contributed by atoms with Gasteiger partial charge in [-0.15, -0.1) is 0 Å². The van der Waals surface area contributed by atoms with E-state index < -0.39 is 11.6 Å². The highest BCUT2D eigenvalue weighted by atomic mass is 16.6. The monoisotopic (exact) mass is 230 g/mol. The topological polar surface area (TPSA) is 46.5 Å². The zero-order chi connectivity index (χ0) is 11.9. The van der Waals surface area contributed by atoms with E-state index in [1.54, 1.807) is 0 Å². The molecule has 3 heteroatoms. The Morgan fingerprint density at radius 2 is 2.12 bits per heavy atom. The van der Waals surface area contributed by atoms with E-state index in [1.807, 2.05) is 18.2 Å². The van der Waals surface area contributed by atoms with E-state index in [0.717, 1.165) is 24.8 Å². The molecule has 1 aliphatic carbocycles. The van der Waals surface area contributed by atoms with Crippen LogP contribution in [-0.2, 0) is 21.6 Å². The van der Waals surface area contributed by atoms with Gasteiger partial charge < -0.3 is 9.84 Å². The Bertz CT molecular complexity index is 504. The Hall–Kier alpha value is -1.77. The highest BCUT2D eigenvalue weighted by Gasteiger charge is 2.42. The maximum atomic E-state index is 11.5. The molecule has 0 aromatic heterocycles. The number of aliphatic hydroxyl groups excluding tert-OH is 1. The predicted octanol–water partition coefficient (Wildman–Crippen LogP) is 2.61. The first-order valence-corrected chi connectivity index (χ1v) is 5.90. The lowest BCUT2D eigenvalue weighted by Crippen LogP contribution is -2.38. The fourth-order valence-electron chi connectivity index (χ4n) is 2.91. The van der Waals surface area contributed by atoms with Gasteiger partial charge in [0.05, 0.1) is 6.08 Å². The van der Waals surface area contributed by atoms with Gasteiger partial charge in [0.15, 0.2) is 0 Å². The molecule has 1 aliphatic heterocycles. The van der Waals surface area contributed by atoms with Crippen LogP contribution in [0.25, 0.3) is 0 Å². The molecule has 0 amide bonds. The van der Waals surface area contributed by atoms with Crippen molar-refractivity contribution in [3.05, 3.63) is 47.2 Å². The first-order chi connectivity index (χ1) is 8.20. The summed E-state index contributed by atoms with van der Waals surface area (Å²) in [6.45, 7) is 0. The molecular weight excluding hydrogens is 216 g/mol. The van der Waals surface area contributed by atoms with Crippen LogP contribution in [0.15, 0.2) is 36.1 Å². The molecule has 17 heavy (non-hydrogen) atoms. The van der Waals surface area contributed by atoms with Crippen molar-refractivity contribution in [2.75, 3.05) is 0 Å². The summed E-state index contributed by atoms with van der Waals surface area (Å²) in [6, 6.07) is 8.02. The van der Waals surface area contributed by atoms with E-state index in [2.05, 4.69) is 6.07 Å². The maximum Gasteiger partial charge on any atom is 0.335 e. The summed E-state index contributed by atoms with van der Waals surface area (Å²) in [5.74, 6) is -0.316. The van der Waals surface area contributed by atoms with Crippen LogP contribution in [0.1, 0.15) is 30.4 Å². The largest absolute Gasteiger partial charge is 0.512 e. The highest BCUT2D eigenvalue weighted by Crippen LogP contribution is 2.44. The van der Waals surface area contributed by atoms with E-state index in [0.29, 0.717) is 6.42 Å². The molecule has 1 atom stereocenters. The van der Waals surface area contributed by atoms with E-state index in [1.165, 1.54) is 11.6 Å². The lowest BCUT2D eigenvalue weighted by atomic mass is 9.76. The minimum absolute atomic E-state index is 0.123. The Kier molecular flexibility index (Phi) is 2.21. The van der Waals surface area contributed by atoms with Gasteiger partial charge in [0, 0.05) is 6.42 Å². The van der Waals surface area contributed by atoms with Crippen molar-refractivity contribution < 1.29 is 14.6 Å². The van der Waals surface area contributed by atoms with Gasteiger partial charge in [0.1, 0.15) is 11.4 Å². The Morgan fingerprint density at radius 1 is 1.29 bits per heavy atom. The number of esters is 1. The molecule has 1 aromatic carbocycles. The van der Waals surface area contributed by atoms with Crippen molar-refractivity contribution >= 4 is 5.97 Å². The van der Waals surface area contributed by atoms with Crippen molar-refractivity contribution in [1.29, 1.82) is 0 Å². The van der Waals surface area contributed by atoms with Crippen molar-refractivity contribution in [2.45, 2.75) is 31.3 Å². The number of fused-ring (bicyclic) bond motifs is 2. The first-order valence-electron chi connectivity index (χ1n) is 5.90. The number of aryl methyl sites for hydroxylation is 1. The molecule has 0 radical (unpaired) electrons. The van der Waals surface area contributed by atoms with Gasteiger partial charge in [0.2, 0.25) is 0 Å². The number of ether oxygens (including phenoxy) is 1. The fourth-order valence-corrected chi connectivity index (χ4v) is 2.91. The Labute approximate surface area is 99.7 Å². The lowest BCUT2D eigenvalue weighted by molar-refractivity contribution is -0.160. The van der Waals surface area contributed by atoms with Crippen LogP contribution < -0.4 is 0 Å². The SMILES string of the molecule is O=C1C=C(O)CC2(CCCc3ccccc32)O1. The van der Waals surface area contributed by atoms with Crippen LogP contribution in [0.3, 0.4) is 0 Å². The number of benzene rings is 1. The number of carbonyl (C=O) groups is 1. The average molecular weight is 230 g/mol. The summed E-state index contributed by atoms with van der Waals surface area (Å²) in [7, 11) is 0. The predicted molar refractivity (Wildman–Crippen MR) is 62.5 cm³/mol. The molecule has 1 aromatic rings. The van der Waals surface area contributed by atoms with Gasteiger partial charge in [0.25, 0.3) is 0 Å². The molecule has 1 unspecified atom stereocenters. The number of rotatable bonds is 0. The number of aliphatic hydroxyl groups is 1. The van der Waals surface area contributed by atoms with E-state index in [-0.39, 0.29) is 5.76 Å². The average Bonchev–Trinajstić information content (AvgIpc) is 2.28. The van der Waals surface area contributed by atoms with Crippen molar-refractivity contribution in [3.8, 4) is 0 Å². The third kappa shape index (κ3) is 1.62. The second-order valence-electron chi connectivity index (χ2n) is 4.74. The molecule has 88 valence electrons. The van der Waals surface area contributed by atoms with Gasteiger partial charge >= 0.3 is 5.97 Å². The third-order valence-corrected chi connectivity index (χ3v) is 3.58. The summed E-state index contributed by atoms with van der Waals surface area (Å²) >= 11 is 0. The Balaban J connectivity index is 2.10. The van der Waals surface area contributed by atoms with Crippen LogP contribution in [0.5, 0.6) is 0 Å². The number of hydrogen-bond donors (Lipinski definition) is 1. The van der Waals surface area contributed by atoms with E-state index >= 15 is 0 Å². The molecule has 1 heterocycles. The normalized spacial score (nSPS) is 27.3. The maximum absolute atomic E-state index is 11.5. The Morgan fingerprint density at radius 3 is 2.94 bits per heavy atom. The molecule has 1 N–H and O–H groups in total. The smallest absolute Gasteiger partial charge is 0.335 e. The standard InChI is InChI=1S/C14H14O3/c15-11-8-13(16)17-14(9-11)7-3-5-10-4-1-2-6-12(10)14/h1-2,4,6,8,15H,3,5,7,9H2. The lowest BCUT2D eigenvalue weighted by Gasteiger charge is -2.39. The molecule has 2 aliphatic rings. The third-order valence-electron chi connectivity index (χ3n) is 3.58. The van der Waals surface area contributed by atoms with Crippen molar-refractivity contribution in [1.82, 2.24) is 0 Å². The molecule has 3 nitrogen and oxygen atoms in total. The summed E-state index contributed by atoms with van der Waals surface area (Å²) < 4.78 is 5.54. The molecule has 0 saturated heterocycles. The van der Waals surface area contributed by atoms with Gasteiger partial charge in [-0.1, -0.05) is 24.3 Å². The molecule has 3 rings (SSSR count). The van der Waals surface area contributed by atoms with Crippen LogP contribution in [-0.4, -0.2) is 11.1 Å². The zero-order valence-corrected chi connectivity index (χ0v) is 9.48. The minimum atomic E-state index is -0.634. The summed E-state index contributed by atoms with van der Waals surface area (Å²) in [4.78, 5) is 11.5. The van der Waals surface area contributed by atoms with Gasteiger partial charge in [-0.05, 0) is 30.4 Å². The second-order valence-corrected chi connectivity index (χ2v) is 4.74. The summed E-state index contributed by atoms with van der Waals surface area (Å²) in [5, 5.41) is 9.68. The fraction of sp³-hybridized carbons (Fsp3) is 0.357. The molecule has 0 bridgehead atoms. The zero-order valence-electron chi connectivity index (χ0n) is 9.48. The molecular formula is C14H14O3. The number of hydrogen-bond acceptors (Lipinski definition) is 3. The van der Waals surface area contributed by atoms with Gasteiger partial charge in [-0.3, -0.25) is 0 Å². The molecule has 1 spiro atoms. The van der Waals surface area contributed by atoms with Gasteiger partial charge in [-0.25, -0.2) is 4.79 Å². The highest BCUT2D eigenvalue weighted by molar-refractivity contribution is 5.84. The van der Waals surface area contributed by atoms with Crippen LogP contribution in [0.4, 0.5) is 0 Å². The van der Waals surface area contributed by atoms with Crippen LogP contribution in [0, 0.1) is 0 Å². The van der Waals surface area contributed by atoms with E-state index in [4.69, 9.17) is 4.74 Å². The molecule has 0 saturated carbocycles. The van der Waals surface area contributed by atoms with Gasteiger partial charge in [-0.2, -0.15) is 0 Å². The summed E-state index contributed by atoms with van der Waals surface area (Å²) in [5.41, 5.74) is 1.64. The van der Waals surface area contributed by atoms with Crippen molar-refractivity contribution in [2.24, 2.45) is 0 Å². The number of carbonyl (C=O) groups excluding carboxylic acids is 1. The first kappa shape index (κ1) is 10.4. The summed E-state index contributed by atoms with van der Waals surface area (Å²) in [6.07, 6.45) is 4.35. The quantitative estimate of drug-likeness (QED) is 0.697. The minimum Gasteiger partial charge on any atom is -0.512 e. The molecule has 0 fully saturated rings. The van der Waals surface area contributed by atoms with E-state index in [9.17, 15) is 9.90 Å². The second kappa shape index (κ2) is 3.62. The van der Waals surface area contributed by atoms with Crippen molar-refractivity contribution in [3.63, 3.8) is 0 Å². The van der Waals surface area contributed by atoms with Crippen LogP contribution >= 0.6 is 0 Å². The van der Waals surface area contributed by atoms with Crippen LogP contribution in [0.2, 0.25) is 0 Å².